The average Bonchev–Trinajstić information content (AvgIpc) is 1.83. The van der Waals surface area contributed by atoms with Gasteiger partial charge in [0.15, 0.2) is 0 Å². The summed E-state index contributed by atoms with van der Waals surface area (Å²) in [5.41, 5.74) is -0.626. The van der Waals surface area contributed by atoms with E-state index in [0.717, 1.165) is 0 Å². The highest BCUT2D eigenvalue weighted by Gasteiger charge is 2.22. The summed E-state index contributed by atoms with van der Waals surface area (Å²) in [6, 6.07) is 0. The van der Waals surface area contributed by atoms with Gasteiger partial charge in [0.25, 0.3) is 0 Å². The minimum Gasteiger partial charge on any atom is -0.481 e. The Morgan fingerprint density at radius 2 is 2.25 bits per heavy atom. The van der Waals surface area contributed by atoms with Gasteiger partial charge in [-0.1, -0.05) is 6.58 Å². The number of nitrogens with one attached hydrogen (secondary N) is 1. The number of aliphatic hydroxyl groups excluding tert-OH is 1. The molecule has 3 N–H and O–H groups in total. The lowest BCUT2D eigenvalue weighted by Crippen LogP contribution is -2.46. The number of aliphatic carboxylic acids is 1. The standard InChI is InChI=1S/C8H15NO3/c1-4-6(10)9-8(2,3)5-7(11)12/h4,6,9-10H,1,5H2,2-3H3,(H,11,12). The first kappa shape index (κ1) is 11.1. The zero-order valence-electron chi connectivity index (χ0n) is 7.37. The van der Waals surface area contributed by atoms with Crippen LogP contribution in [0.3, 0.4) is 0 Å². The molecule has 0 aromatic carbocycles. The van der Waals surface area contributed by atoms with Crippen LogP contribution in [0.5, 0.6) is 0 Å². The molecular formula is C8H15NO3. The molecule has 0 heterocycles. The van der Waals surface area contributed by atoms with Crippen LogP contribution in [0, 0.1) is 0 Å². The Labute approximate surface area is 71.9 Å². The highest BCUT2D eigenvalue weighted by Crippen LogP contribution is 2.08. The first-order chi connectivity index (χ1) is 5.37. The molecule has 0 saturated heterocycles. The Hall–Kier alpha value is -0.870. The topological polar surface area (TPSA) is 69.6 Å². The lowest BCUT2D eigenvalue weighted by Gasteiger charge is -2.26. The van der Waals surface area contributed by atoms with Crippen molar-refractivity contribution in [1.29, 1.82) is 0 Å². The Kier molecular flexibility index (Phi) is 3.92. The molecule has 0 rings (SSSR count). The van der Waals surface area contributed by atoms with Crippen molar-refractivity contribution in [3.05, 3.63) is 12.7 Å². The fraction of sp³-hybridized carbons (Fsp3) is 0.625. The quantitative estimate of drug-likeness (QED) is 0.414. The molecule has 70 valence electrons. The van der Waals surface area contributed by atoms with Gasteiger partial charge in [-0.3, -0.25) is 10.1 Å². The number of rotatable bonds is 5. The van der Waals surface area contributed by atoms with Gasteiger partial charge in [-0.15, -0.1) is 0 Å². The van der Waals surface area contributed by atoms with Gasteiger partial charge in [0.1, 0.15) is 6.23 Å². The van der Waals surface area contributed by atoms with Gasteiger partial charge in [0.05, 0.1) is 6.42 Å². The summed E-state index contributed by atoms with van der Waals surface area (Å²) in [6.45, 7) is 6.77. The first-order valence-electron chi connectivity index (χ1n) is 3.67. The van der Waals surface area contributed by atoms with E-state index in [1.165, 1.54) is 6.08 Å². The van der Waals surface area contributed by atoms with Crippen LogP contribution in [0.25, 0.3) is 0 Å². The third-order valence-corrected chi connectivity index (χ3v) is 1.36. The summed E-state index contributed by atoms with van der Waals surface area (Å²) < 4.78 is 0. The number of carboxylic acids is 1. The van der Waals surface area contributed by atoms with Crippen molar-refractivity contribution in [2.75, 3.05) is 0 Å². The molecule has 0 aromatic rings. The number of hydrogen-bond donors (Lipinski definition) is 3. The van der Waals surface area contributed by atoms with Crippen LogP contribution >= 0.6 is 0 Å². The predicted molar refractivity (Wildman–Crippen MR) is 45.7 cm³/mol. The second kappa shape index (κ2) is 4.23. The van der Waals surface area contributed by atoms with Crippen LogP contribution in [-0.2, 0) is 4.79 Å². The largest absolute Gasteiger partial charge is 0.481 e. The molecule has 12 heavy (non-hydrogen) atoms. The monoisotopic (exact) mass is 173 g/mol. The lowest BCUT2D eigenvalue weighted by molar-refractivity contribution is -0.138. The maximum absolute atomic E-state index is 10.3. The van der Waals surface area contributed by atoms with Crippen molar-refractivity contribution in [2.45, 2.75) is 32.0 Å². The summed E-state index contributed by atoms with van der Waals surface area (Å²) >= 11 is 0. The third-order valence-electron chi connectivity index (χ3n) is 1.36. The molecule has 0 aliphatic rings. The summed E-state index contributed by atoms with van der Waals surface area (Å²) in [5.74, 6) is -0.899. The van der Waals surface area contributed by atoms with E-state index in [-0.39, 0.29) is 6.42 Å². The van der Waals surface area contributed by atoms with Crippen LogP contribution < -0.4 is 5.32 Å². The molecule has 0 fully saturated rings. The average molecular weight is 173 g/mol. The second-order valence-electron chi connectivity index (χ2n) is 3.28. The number of hydrogen-bond acceptors (Lipinski definition) is 3. The van der Waals surface area contributed by atoms with Crippen molar-refractivity contribution in [3.63, 3.8) is 0 Å². The van der Waals surface area contributed by atoms with Crippen LogP contribution in [0.15, 0.2) is 12.7 Å². The Balaban J connectivity index is 4.02. The molecule has 0 aliphatic heterocycles. The van der Waals surface area contributed by atoms with Crippen LogP contribution in [0.2, 0.25) is 0 Å². The van der Waals surface area contributed by atoms with Crippen LogP contribution in [0.4, 0.5) is 0 Å². The molecule has 0 aromatic heterocycles. The zero-order valence-corrected chi connectivity index (χ0v) is 7.37. The van der Waals surface area contributed by atoms with E-state index in [1.807, 2.05) is 0 Å². The van der Waals surface area contributed by atoms with Crippen molar-refractivity contribution in [2.24, 2.45) is 0 Å². The van der Waals surface area contributed by atoms with E-state index in [2.05, 4.69) is 11.9 Å². The second-order valence-corrected chi connectivity index (χ2v) is 3.28. The summed E-state index contributed by atoms with van der Waals surface area (Å²) in [4.78, 5) is 10.3. The van der Waals surface area contributed by atoms with Gasteiger partial charge in [-0.05, 0) is 19.9 Å². The number of aliphatic hydroxyl groups is 1. The molecule has 4 heteroatoms. The normalized spacial score (nSPS) is 13.9. The molecule has 0 saturated carbocycles. The SMILES string of the molecule is C=CC(O)NC(C)(C)CC(=O)O. The van der Waals surface area contributed by atoms with Gasteiger partial charge in [0.2, 0.25) is 0 Å². The van der Waals surface area contributed by atoms with Crippen LogP contribution in [0.1, 0.15) is 20.3 Å². The summed E-state index contributed by atoms with van der Waals surface area (Å²) in [5, 5.41) is 20.3. The van der Waals surface area contributed by atoms with E-state index in [9.17, 15) is 4.79 Å². The molecule has 0 spiro atoms. The van der Waals surface area contributed by atoms with Gasteiger partial charge < -0.3 is 10.2 Å². The van der Waals surface area contributed by atoms with E-state index in [1.54, 1.807) is 13.8 Å². The Morgan fingerprint density at radius 1 is 1.75 bits per heavy atom. The highest BCUT2D eigenvalue weighted by atomic mass is 16.4. The van der Waals surface area contributed by atoms with Crippen molar-refractivity contribution in [3.8, 4) is 0 Å². The fourth-order valence-corrected chi connectivity index (χ4v) is 0.888. The molecule has 1 unspecified atom stereocenters. The van der Waals surface area contributed by atoms with Crippen molar-refractivity contribution < 1.29 is 15.0 Å². The fourth-order valence-electron chi connectivity index (χ4n) is 0.888. The van der Waals surface area contributed by atoms with E-state index < -0.39 is 17.7 Å². The van der Waals surface area contributed by atoms with Gasteiger partial charge in [0, 0.05) is 5.54 Å². The van der Waals surface area contributed by atoms with E-state index in [0.29, 0.717) is 0 Å². The van der Waals surface area contributed by atoms with E-state index >= 15 is 0 Å². The minimum atomic E-state index is -0.899. The molecule has 0 radical (unpaired) electrons. The maximum atomic E-state index is 10.3. The maximum Gasteiger partial charge on any atom is 0.305 e. The highest BCUT2D eigenvalue weighted by molar-refractivity contribution is 5.68. The van der Waals surface area contributed by atoms with Gasteiger partial charge in [-0.25, -0.2) is 0 Å². The minimum absolute atomic E-state index is 0.0438. The molecule has 0 bridgehead atoms. The smallest absolute Gasteiger partial charge is 0.305 e. The zero-order chi connectivity index (χ0) is 9.78. The van der Waals surface area contributed by atoms with E-state index in [4.69, 9.17) is 10.2 Å². The molecule has 0 aliphatic carbocycles. The Bertz CT molecular complexity index is 177. The Morgan fingerprint density at radius 3 is 2.58 bits per heavy atom. The van der Waals surface area contributed by atoms with Gasteiger partial charge >= 0.3 is 5.97 Å². The number of carbonyl (C=O) groups is 1. The number of carboxylic acid groups (broad SMARTS) is 1. The van der Waals surface area contributed by atoms with Crippen molar-refractivity contribution >= 4 is 5.97 Å². The third kappa shape index (κ3) is 4.87. The molecule has 1 atom stereocenters. The molecule has 0 amide bonds. The van der Waals surface area contributed by atoms with Gasteiger partial charge in [-0.2, -0.15) is 0 Å². The lowest BCUT2D eigenvalue weighted by atomic mass is 10.0. The molecule has 4 nitrogen and oxygen atoms in total. The first-order valence-corrected chi connectivity index (χ1v) is 3.67. The summed E-state index contributed by atoms with van der Waals surface area (Å²) in [7, 11) is 0. The summed E-state index contributed by atoms with van der Waals surface area (Å²) in [6.07, 6.45) is 0.404. The van der Waals surface area contributed by atoms with Crippen LogP contribution in [-0.4, -0.2) is 27.9 Å². The van der Waals surface area contributed by atoms with Crippen molar-refractivity contribution in [1.82, 2.24) is 5.32 Å². The molecular weight excluding hydrogens is 158 g/mol. The predicted octanol–water partition coefficient (Wildman–Crippen LogP) is 0.334.